The standard InChI is InChI=1S/C55H36N6/c1-6-18-37(19-7-1)42-30-32-50-45(34-42)44-28-16-17-29-49(44)61(50)51-33-31-43(54-56-47(38-20-8-2-9-21-38)36-48(57-54)39-22-10-3-11-23-39)35-46(51)55-59-52(40-24-12-4-13-25-40)58-53(60-55)41-26-14-5-15-27-41/h1-36H/i4D,12D,13D,24D,25D. The first-order valence-electron chi connectivity index (χ1n) is 22.4. The highest BCUT2D eigenvalue weighted by Gasteiger charge is 2.22. The molecule has 0 aliphatic rings. The van der Waals surface area contributed by atoms with E-state index < -0.39 is 30.2 Å². The summed E-state index contributed by atoms with van der Waals surface area (Å²) in [5.41, 5.74) is 9.96. The highest BCUT2D eigenvalue weighted by atomic mass is 15.1. The second kappa shape index (κ2) is 15.4. The molecule has 11 rings (SSSR count). The van der Waals surface area contributed by atoms with Crippen molar-refractivity contribution in [2.75, 3.05) is 0 Å². The van der Waals surface area contributed by atoms with Gasteiger partial charge in [-0.15, -0.1) is 0 Å². The lowest BCUT2D eigenvalue weighted by Gasteiger charge is -2.16. The average molecular weight is 786 g/mol. The Morgan fingerprint density at radius 1 is 0.328 bits per heavy atom. The summed E-state index contributed by atoms with van der Waals surface area (Å²) in [7, 11) is 0. The van der Waals surface area contributed by atoms with Crippen molar-refractivity contribution in [2.24, 2.45) is 0 Å². The van der Waals surface area contributed by atoms with Crippen molar-refractivity contribution in [1.82, 2.24) is 29.5 Å². The molecule has 286 valence electrons. The van der Waals surface area contributed by atoms with E-state index in [1.807, 2.05) is 146 Å². The van der Waals surface area contributed by atoms with Crippen molar-refractivity contribution in [1.29, 1.82) is 0 Å². The van der Waals surface area contributed by atoms with Gasteiger partial charge in [0.2, 0.25) is 0 Å². The van der Waals surface area contributed by atoms with Crippen molar-refractivity contribution >= 4 is 21.8 Å². The molecule has 6 heteroatoms. The Labute approximate surface area is 360 Å². The van der Waals surface area contributed by atoms with E-state index in [1.54, 1.807) is 0 Å². The zero-order chi connectivity index (χ0) is 44.9. The van der Waals surface area contributed by atoms with Gasteiger partial charge in [0, 0.05) is 44.2 Å². The van der Waals surface area contributed by atoms with Crippen LogP contribution in [0.25, 0.3) is 107 Å². The van der Waals surface area contributed by atoms with Gasteiger partial charge in [-0.05, 0) is 53.6 Å². The molecule has 0 amide bonds. The first-order chi connectivity index (χ1) is 32.3. The van der Waals surface area contributed by atoms with Crippen LogP contribution in [0.3, 0.4) is 0 Å². The van der Waals surface area contributed by atoms with Gasteiger partial charge in [0.1, 0.15) is 0 Å². The summed E-state index contributed by atoms with van der Waals surface area (Å²) in [5.74, 6) is 0.899. The molecule has 0 aliphatic carbocycles. The van der Waals surface area contributed by atoms with Crippen LogP contribution in [0.5, 0.6) is 0 Å². The molecule has 0 atom stereocenters. The number of hydrogen-bond donors (Lipinski definition) is 0. The smallest absolute Gasteiger partial charge is 0.166 e. The fourth-order valence-electron chi connectivity index (χ4n) is 7.87. The molecule has 0 saturated heterocycles. The summed E-state index contributed by atoms with van der Waals surface area (Å²) in [6, 6.07) is 60.1. The maximum absolute atomic E-state index is 8.97. The Morgan fingerprint density at radius 3 is 1.49 bits per heavy atom. The van der Waals surface area contributed by atoms with Crippen LogP contribution in [0.1, 0.15) is 6.85 Å². The third-order valence-electron chi connectivity index (χ3n) is 10.8. The molecule has 0 aliphatic heterocycles. The zero-order valence-corrected chi connectivity index (χ0v) is 32.6. The Kier molecular flexibility index (Phi) is 7.77. The fraction of sp³-hybridized carbons (Fsp3) is 0. The molecule has 6 nitrogen and oxygen atoms in total. The maximum Gasteiger partial charge on any atom is 0.166 e. The molecular formula is C55H36N6. The van der Waals surface area contributed by atoms with Crippen molar-refractivity contribution in [2.45, 2.75) is 0 Å². The van der Waals surface area contributed by atoms with E-state index in [-0.39, 0.29) is 23.0 Å². The van der Waals surface area contributed by atoms with E-state index in [0.29, 0.717) is 22.5 Å². The lowest BCUT2D eigenvalue weighted by Crippen LogP contribution is -2.04. The summed E-state index contributed by atoms with van der Waals surface area (Å²) < 4.78 is 45.6. The van der Waals surface area contributed by atoms with Gasteiger partial charge >= 0.3 is 0 Å². The molecule has 0 saturated carbocycles. The molecule has 0 fully saturated rings. The van der Waals surface area contributed by atoms with E-state index in [4.69, 9.17) is 31.8 Å². The third kappa shape index (κ3) is 6.82. The van der Waals surface area contributed by atoms with E-state index in [0.717, 1.165) is 61.1 Å². The summed E-state index contributed by atoms with van der Waals surface area (Å²) in [6.45, 7) is 0. The van der Waals surface area contributed by atoms with Crippen LogP contribution in [0.15, 0.2) is 218 Å². The van der Waals surface area contributed by atoms with Gasteiger partial charge in [-0.25, -0.2) is 24.9 Å². The van der Waals surface area contributed by atoms with Gasteiger partial charge in [-0.1, -0.05) is 176 Å². The number of hydrogen-bond acceptors (Lipinski definition) is 5. The van der Waals surface area contributed by atoms with Gasteiger partial charge in [-0.2, -0.15) is 0 Å². The minimum absolute atomic E-state index is 0.0596. The van der Waals surface area contributed by atoms with Crippen molar-refractivity contribution in [3.8, 4) is 84.9 Å². The second-order valence-electron chi connectivity index (χ2n) is 14.5. The second-order valence-corrected chi connectivity index (χ2v) is 14.5. The SMILES string of the molecule is [2H]c1c([2H])c([2H])c(-c2nc(-c3ccccc3)nc(-c3cc(-c4nc(-c5ccccc5)cc(-c5ccccc5)n4)ccc3-n3c4ccccc4c4cc(-c5ccccc5)ccc43)n2)c([2H])c1[2H]. The van der Waals surface area contributed by atoms with E-state index in [2.05, 4.69) is 47.0 Å². The Bertz CT molecular complexity index is 3560. The summed E-state index contributed by atoms with van der Waals surface area (Å²) in [4.78, 5) is 25.3. The molecule has 0 bridgehead atoms. The van der Waals surface area contributed by atoms with Crippen LogP contribution in [0.2, 0.25) is 0 Å². The van der Waals surface area contributed by atoms with Crippen LogP contribution in [0, 0.1) is 0 Å². The molecule has 11 aromatic rings. The Hall–Kier alpha value is -8.35. The lowest BCUT2D eigenvalue weighted by molar-refractivity contribution is 1.06. The van der Waals surface area contributed by atoms with Crippen LogP contribution in [-0.4, -0.2) is 29.5 Å². The normalized spacial score (nSPS) is 12.4. The third-order valence-corrected chi connectivity index (χ3v) is 10.8. The number of para-hydroxylation sites is 1. The molecule has 3 aromatic heterocycles. The minimum atomic E-state index is -0.504. The molecule has 0 N–H and O–H groups in total. The Balaban J connectivity index is 1.22. The predicted molar refractivity (Wildman–Crippen MR) is 248 cm³/mol. The molecule has 8 aromatic carbocycles. The first kappa shape index (κ1) is 30.7. The quantitative estimate of drug-likeness (QED) is 0.153. The number of rotatable bonds is 8. The molecule has 3 heterocycles. The lowest BCUT2D eigenvalue weighted by atomic mass is 10.0. The van der Waals surface area contributed by atoms with Gasteiger partial charge in [0.15, 0.2) is 23.3 Å². The molecule has 0 unspecified atom stereocenters. The van der Waals surface area contributed by atoms with E-state index >= 15 is 0 Å². The topological polar surface area (TPSA) is 69.4 Å². The van der Waals surface area contributed by atoms with E-state index in [1.165, 1.54) is 0 Å². The molecular weight excluding hydrogens is 745 g/mol. The van der Waals surface area contributed by atoms with Crippen molar-refractivity contribution in [3.05, 3.63) is 218 Å². The Morgan fingerprint density at radius 2 is 0.836 bits per heavy atom. The highest BCUT2D eigenvalue weighted by Crippen LogP contribution is 2.40. The number of nitrogens with zero attached hydrogens (tertiary/aromatic N) is 6. The first-order valence-corrected chi connectivity index (χ1v) is 19.9. The molecule has 0 radical (unpaired) electrons. The average Bonchev–Trinajstić information content (AvgIpc) is 3.71. The predicted octanol–water partition coefficient (Wildman–Crippen LogP) is 13.4. The fourth-order valence-corrected chi connectivity index (χ4v) is 7.87. The number of aromatic nitrogens is 6. The van der Waals surface area contributed by atoms with Gasteiger partial charge < -0.3 is 4.57 Å². The highest BCUT2D eigenvalue weighted by molar-refractivity contribution is 6.11. The zero-order valence-electron chi connectivity index (χ0n) is 37.6. The van der Waals surface area contributed by atoms with Crippen LogP contribution in [0.4, 0.5) is 0 Å². The van der Waals surface area contributed by atoms with Crippen LogP contribution >= 0.6 is 0 Å². The van der Waals surface area contributed by atoms with E-state index in [9.17, 15) is 0 Å². The van der Waals surface area contributed by atoms with Crippen molar-refractivity contribution in [3.63, 3.8) is 0 Å². The van der Waals surface area contributed by atoms with Gasteiger partial charge in [-0.3, -0.25) is 0 Å². The largest absolute Gasteiger partial charge is 0.309 e. The maximum atomic E-state index is 8.97. The molecule has 0 spiro atoms. The van der Waals surface area contributed by atoms with Crippen LogP contribution in [-0.2, 0) is 0 Å². The number of benzene rings is 8. The number of fused-ring (bicyclic) bond motifs is 3. The summed E-state index contributed by atoms with van der Waals surface area (Å²) in [6.07, 6.45) is 0. The minimum Gasteiger partial charge on any atom is -0.309 e. The van der Waals surface area contributed by atoms with Gasteiger partial charge in [0.05, 0.1) is 35.0 Å². The van der Waals surface area contributed by atoms with Crippen LogP contribution < -0.4 is 0 Å². The summed E-state index contributed by atoms with van der Waals surface area (Å²) >= 11 is 0. The monoisotopic (exact) mass is 785 g/mol. The van der Waals surface area contributed by atoms with Gasteiger partial charge in [0.25, 0.3) is 0 Å². The summed E-state index contributed by atoms with van der Waals surface area (Å²) in [5, 5.41) is 2.10. The van der Waals surface area contributed by atoms with Crippen molar-refractivity contribution < 1.29 is 6.85 Å². The molecule has 61 heavy (non-hydrogen) atoms.